The van der Waals surface area contributed by atoms with Crippen LogP contribution in [0, 0.1) is 34.8 Å². The fourth-order valence-corrected chi connectivity index (χ4v) is 8.95. The molecular weight excluding hydrogens is 456 g/mol. The Morgan fingerprint density at radius 3 is 2.73 bits per heavy atom. The zero-order valence-corrected chi connectivity index (χ0v) is 19.8. The molecule has 6 rings (SSSR count). The van der Waals surface area contributed by atoms with Crippen LogP contribution in [-0.4, -0.2) is 15.2 Å². The number of aromatic amines is 1. The van der Waals surface area contributed by atoms with Gasteiger partial charge in [-0.1, -0.05) is 41.2 Å². The summed E-state index contributed by atoms with van der Waals surface area (Å²) in [5, 5.41) is 13.1. The van der Waals surface area contributed by atoms with Crippen LogP contribution >= 0.6 is 23.1 Å². The molecule has 2 bridgehead atoms. The summed E-state index contributed by atoms with van der Waals surface area (Å²) < 4.78 is 6.29. The van der Waals surface area contributed by atoms with E-state index in [9.17, 15) is 14.9 Å². The van der Waals surface area contributed by atoms with E-state index in [1.807, 2.05) is 30.8 Å². The van der Waals surface area contributed by atoms with Crippen molar-refractivity contribution >= 4 is 28.8 Å². The number of aromatic nitrogens is 1. The maximum Gasteiger partial charge on any atom is 0.305 e. The Bertz CT molecular complexity index is 1280. The van der Waals surface area contributed by atoms with Gasteiger partial charge >= 0.3 is 4.87 Å². The number of benzene rings is 2. The predicted octanol–water partition coefficient (Wildman–Crippen LogP) is 5.88. The minimum atomic E-state index is -0.344. The molecule has 0 unspecified atom stereocenters. The van der Waals surface area contributed by atoms with Gasteiger partial charge in [0.15, 0.2) is 0 Å². The summed E-state index contributed by atoms with van der Waals surface area (Å²) in [6, 6.07) is 13.1. The van der Waals surface area contributed by atoms with Crippen LogP contribution in [0.5, 0.6) is 5.75 Å². The minimum Gasteiger partial charge on any atom is -0.489 e. The molecule has 2 fully saturated rings. The zero-order valence-electron chi connectivity index (χ0n) is 18.2. The van der Waals surface area contributed by atoms with E-state index in [-0.39, 0.29) is 21.4 Å². The van der Waals surface area contributed by atoms with Crippen molar-refractivity contribution in [1.82, 2.24) is 4.98 Å². The predicted molar refractivity (Wildman–Crippen MR) is 129 cm³/mol. The SMILES string of the molecule is Cc1ccc(COc2ccc([N+](=O)[O-])cc2[C@@H]2c3sc(=O)[nH]c3S[C@@H]3[C@H]4CC[C@@H](C4)[C@H]23)cc1. The molecule has 2 aromatic carbocycles. The van der Waals surface area contributed by atoms with Crippen LogP contribution in [0.1, 0.15) is 46.7 Å². The number of non-ortho nitro benzene ring substituents is 1. The lowest BCUT2D eigenvalue weighted by atomic mass is 9.74. The fourth-order valence-electron chi connectivity index (χ4n) is 6.07. The number of nitro benzene ring substituents is 1. The zero-order chi connectivity index (χ0) is 22.7. The number of hydrogen-bond acceptors (Lipinski definition) is 6. The molecule has 2 heterocycles. The van der Waals surface area contributed by atoms with Crippen molar-refractivity contribution in [3.8, 4) is 5.75 Å². The molecule has 6 nitrogen and oxygen atoms in total. The highest BCUT2D eigenvalue weighted by molar-refractivity contribution is 8.00. The Labute approximate surface area is 199 Å². The largest absolute Gasteiger partial charge is 0.489 e. The second-order valence-electron chi connectivity index (χ2n) is 9.43. The molecule has 0 spiro atoms. The van der Waals surface area contributed by atoms with Crippen LogP contribution in [-0.2, 0) is 6.61 Å². The first-order valence-electron chi connectivity index (χ1n) is 11.3. The van der Waals surface area contributed by atoms with Crippen molar-refractivity contribution in [2.24, 2.45) is 17.8 Å². The first-order chi connectivity index (χ1) is 16.0. The highest BCUT2D eigenvalue weighted by Crippen LogP contribution is 2.64. The van der Waals surface area contributed by atoms with Crippen molar-refractivity contribution in [3.63, 3.8) is 0 Å². The fraction of sp³-hybridized carbons (Fsp3) is 0.400. The van der Waals surface area contributed by atoms with E-state index in [0.717, 1.165) is 21.0 Å². The number of nitrogens with zero attached hydrogens (tertiary/aromatic N) is 1. The summed E-state index contributed by atoms with van der Waals surface area (Å²) in [6.07, 6.45) is 3.65. The molecule has 1 aliphatic heterocycles. The van der Waals surface area contributed by atoms with Crippen molar-refractivity contribution in [3.05, 3.63) is 83.8 Å². The maximum absolute atomic E-state index is 12.3. The van der Waals surface area contributed by atoms with Gasteiger partial charge in [-0.15, -0.1) is 11.8 Å². The monoisotopic (exact) mass is 480 g/mol. The van der Waals surface area contributed by atoms with Crippen molar-refractivity contribution < 1.29 is 9.66 Å². The summed E-state index contributed by atoms with van der Waals surface area (Å²) in [7, 11) is 0. The highest BCUT2D eigenvalue weighted by Gasteiger charge is 2.55. The van der Waals surface area contributed by atoms with Crippen LogP contribution in [0.25, 0.3) is 0 Å². The van der Waals surface area contributed by atoms with E-state index in [4.69, 9.17) is 4.74 Å². The number of nitrogens with one attached hydrogen (secondary N) is 1. The lowest BCUT2D eigenvalue weighted by Crippen LogP contribution is -2.33. The number of nitro groups is 1. The first kappa shape index (κ1) is 21.0. The lowest BCUT2D eigenvalue weighted by Gasteiger charge is -2.40. The van der Waals surface area contributed by atoms with Gasteiger partial charge in [-0.25, -0.2) is 0 Å². The third-order valence-electron chi connectivity index (χ3n) is 7.52. The van der Waals surface area contributed by atoms with Gasteiger partial charge in [0.2, 0.25) is 0 Å². The van der Waals surface area contributed by atoms with Crippen molar-refractivity contribution in [1.29, 1.82) is 0 Å². The molecule has 0 radical (unpaired) electrons. The second-order valence-corrected chi connectivity index (χ2v) is 11.6. The maximum atomic E-state index is 12.3. The molecule has 5 atom stereocenters. The third kappa shape index (κ3) is 3.60. The van der Waals surface area contributed by atoms with E-state index >= 15 is 0 Å². The second kappa shape index (κ2) is 8.02. The molecule has 0 saturated heterocycles. The summed E-state index contributed by atoms with van der Waals surface area (Å²) >= 11 is 3.07. The molecule has 2 aliphatic carbocycles. The molecule has 2 saturated carbocycles. The Hall–Kier alpha value is -2.58. The Balaban J connectivity index is 1.44. The molecular formula is C25H24N2O4S2. The lowest BCUT2D eigenvalue weighted by molar-refractivity contribution is -0.385. The Morgan fingerprint density at radius 1 is 1.15 bits per heavy atom. The number of hydrogen-bond donors (Lipinski definition) is 1. The van der Waals surface area contributed by atoms with Gasteiger partial charge in [0.05, 0.1) is 9.95 Å². The van der Waals surface area contributed by atoms with Crippen LogP contribution in [0.4, 0.5) is 5.69 Å². The first-order valence-corrected chi connectivity index (χ1v) is 13.0. The molecule has 0 amide bonds. The van der Waals surface area contributed by atoms with Crippen LogP contribution in [0.3, 0.4) is 0 Å². The number of aryl methyl sites for hydroxylation is 1. The Kier molecular flexibility index (Phi) is 5.10. The van der Waals surface area contributed by atoms with E-state index in [2.05, 4.69) is 17.1 Å². The smallest absolute Gasteiger partial charge is 0.305 e. The molecule has 33 heavy (non-hydrogen) atoms. The van der Waals surface area contributed by atoms with Gasteiger partial charge in [-0.2, -0.15) is 0 Å². The average Bonchev–Trinajstić information content (AvgIpc) is 3.51. The number of ether oxygens (including phenoxy) is 1. The summed E-state index contributed by atoms with van der Waals surface area (Å²) in [5.74, 6) is 2.23. The summed E-state index contributed by atoms with van der Waals surface area (Å²) in [5.41, 5.74) is 3.14. The van der Waals surface area contributed by atoms with Gasteiger partial charge in [0, 0.05) is 33.7 Å². The normalized spacial score (nSPS) is 27.2. The van der Waals surface area contributed by atoms with E-state index < -0.39 is 0 Å². The quantitative estimate of drug-likeness (QED) is 0.364. The molecule has 3 aromatic rings. The van der Waals surface area contributed by atoms with Crippen LogP contribution < -0.4 is 9.61 Å². The number of thiazole rings is 1. The summed E-state index contributed by atoms with van der Waals surface area (Å²) in [6.45, 7) is 2.44. The standard InChI is InChI=1S/C25H24N2O4S2/c1-13-2-4-14(5-3-13)12-31-19-9-8-17(27(29)30)11-18(19)21-20-15-6-7-16(10-15)22(20)32-24-23(21)33-25(28)26-24/h2-5,8-9,11,15-16,20-22H,6-7,10,12H2,1H3,(H,26,28)/t15-,16-,20+,21-,22+/m0/s1. The highest BCUT2D eigenvalue weighted by atomic mass is 32.2. The molecule has 8 heteroatoms. The molecule has 1 N–H and O–H groups in total. The van der Waals surface area contributed by atoms with Crippen LogP contribution in [0.2, 0.25) is 0 Å². The van der Waals surface area contributed by atoms with Gasteiger partial charge in [-0.05, 0) is 55.6 Å². The molecule has 3 aliphatic rings. The van der Waals surface area contributed by atoms with Crippen molar-refractivity contribution in [2.75, 3.05) is 0 Å². The number of rotatable bonds is 5. The van der Waals surface area contributed by atoms with Gasteiger partial charge < -0.3 is 9.72 Å². The van der Waals surface area contributed by atoms with Crippen molar-refractivity contribution in [2.45, 2.75) is 49.0 Å². The number of fused-ring (bicyclic) bond motifs is 6. The molecule has 1 aromatic heterocycles. The number of H-pyrrole nitrogens is 1. The van der Waals surface area contributed by atoms with Gasteiger partial charge in [0.1, 0.15) is 12.4 Å². The van der Waals surface area contributed by atoms with E-state index in [1.54, 1.807) is 12.1 Å². The van der Waals surface area contributed by atoms with E-state index in [0.29, 0.717) is 35.4 Å². The average molecular weight is 481 g/mol. The van der Waals surface area contributed by atoms with E-state index in [1.165, 1.54) is 42.2 Å². The van der Waals surface area contributed by atoms with Gasteiger partial charge in [0.25, 0.3) is 5.69 Å². The van der Waals surface area contributed by atoms with Gasteiger partial charge in [-0.3, -0.25) is 14.9 Å². The summed E-state index contributed by atoms with van der Waals surface area (Å²) in [4.78, 5) is 27.7. The van der Waals surface area contributed by atoms with Crippen LogP contribution in [0.15, 0.2) is 52.3 Å². The minimum absolute atomic E-state index is 0.0570. The topological polar surface area (TPSA) is 85.2 Å². The number of thioether (sulfide) groups is 1. The molecule has 170 valence electrons. The Morgan fingerprint density at radius 2 is 1.94 bits per heavy atom. The third-order valence-corrected chi connectivity index (χ3v) is 10.1.